The van der Waals surface area contributed by atoms with E-state index in [1.807, 2.05) is 25.3 Å². The Bertz CT molecular complexity index is 192. The number of aliphatic imine (C=N–C) groups is 1. The van der Waals surface area contributed by atoms with E-state index in [9.17, 15) is 0 Å². The van der Waals surface area contributed by atoms with E-state index in [-0.39, 0.29) is 11.6 Å². The molecule has 0 fully saturated rings. The van der Waals surface area contributed by atoms with Gasteiger partial charge in [-0.1, -0.05) is 13.8 Å². The van der Waals surface area contributed by atoms with Crippen LogP contribution in [0.2, 0.25) is 0 Å². The highest BCUT2D eigenvalue weighted by Gasteiger charge is 2.16. The van der Waals surface area contributed by atoms with Crippen LogP contribution in [0.15, 0.2) is 4.99 Å². The number of ether oxygens (including phenoxy) is 1. The van der Waals surface area contributed by atoms with Crippen LogP contribution in [-0.2, 0) is 4.74 Å². The van der Waals surface area contributed by atoms with E-state index >= 15 is 0 Å². The van der Waals surface area contributed by atoms with Crippen LogP contribution >= 0.6 is 0 Å². The molecule has 3 heteroatoms. The molecule has 0 aromatic rings. The minimum Gasteiger partial charge on any atom is -0.374 e. The molecular weight excluding hydrogens is 188 g/mol. The first-order valence-electron chi connectivity index (χ1n) is 5.56. The van der Waals surface area contributed by atoms with Crippen LogP contribution in [0.1, 0.15) is 34.6 Å². The molecule has 0 aromatic carbocycles. The molecule has 0 aliphatic rings. The molecule has 3 nitrogen and oxygen atoms in total. The maximum atomic E-state index is 5.75. The third-order valence-electron chi connectivity index (χ3n) is 1.95. The predicted molar refractivity (Wildman–Crippen MR) is 66.5 cm³/mol. The lowest BCUT2D eigenvalue weighted by atomic mass is 10.1. The number of hydrogen-bond donors (Lipinski definition) is 0. The first kappa shape index (κ1) is 14.4. The zero-order chi connectivity index (χ0) is 12.1. The lowest BCUT2D eigenvalue weighted by Crippen LogP contribution is -2.29. The minimum absolute atomic E-state index is 0.0826. The summed E-state index contributed by atoms with van der Waals surface area (Å²) < 4.78 is 5.75. The first-order valence-corrected chi connectivity index (χ1v) is 5.56. The zero-order valence-electron chi connectivity index (χ0n) is 11.2. The fraction of sp³-hybridized carbons (Fsp3) is 0.917. The van der Waals surface area contributed by atoms with Crippen molar-refractivity contribution in [3.05, 3.63) is 0 Å². The monoisotopic (exact) mass is 214 g/mol. The van der Waals surface area contributed by atoms with E-state index in [1.165, 1.54) is 0 Å². The van der Waals surface area contributed by atoms with Gasteiger partial charge >= 0.3 is 0 Å². The molecule has 90 valence electrons. The smallest absolute Gasteiger partial charge is 0.0849 e. The summed E-state index contributed by atoms with van der Waals surface area (Å²) in [6, 6.07) is 0.242. The average Bonchev–Trinajstić information content (AvgIpc) is 2.00. The summed E-state index contributed by atoms with van der Waals surface area (Å²) >= 11 is 0. The van der Waals surface area contributed by atoms with Crippen molar-refractivity contribution in [3.63, 3.8) is 0 Å². The summed E-state index contributed by atoms with van der Waals surface area (Å²) in [5.41, 5.74) is -0.0826. The molecule has 0 bridgehead atoms. The van der Waals surface area contributed by atoms with Crippen LogP contribution < -0.4 is 0 Å². The van der Waals surface area contributed by atoms with Crippen molar-refractivity contribution in [2.45, 2.75) is 46.3 Å². The predicted octanol–water partition coefficient (Wildman–Crippen LogP) is 2.42. The standard InChI is InChI=1S/C12H26N2O/c1-10(2)11(13-9-14(6)7)8-15-12(3,4)5/h9-11H,8H2,1-7H3/t11-/m0/s1. The van der Waals surface area contributed by atoms with Gasteiger partial charge in [0.25, 0.3) is 0 Å². The van der Waals surface area contributed by atoms with Crippen LogP contribution in [0.25, 0.3) is 0 Å². The highest BCUT2D eigenvalue weighted by molar-refractivity contribution is 5.54. The first-order chi connectivity index (χ1) is 6.72. The second-order valence-corrected chi connectivity index (χ2v) is 5.46. The van der Waals surface area contributed by atoms with Gasteiger partial charge in [0.1, 0.15) is 0 Å². The Morgan fingerprint density at radius 2 is 1.80 bits per heavy atom. The normalized spacial score (nSPS) is 14.9. The molecule has 0 spiro atoms. The van der Waals surface area contributed by atoms with Crippen molar-refractivity contribution in [1.29, 1.82) is 0 Å². The van der Waals surface area contributed by atoms with E-state index in [4.69, 9.17) is 4.74 Å². The van der Waals surface area contributed by atoms with Gasteiger partial charge in [0.15, 0.2) is 0 Å². The van der Waals surface area contributed by atoms with E-state index in [0.717, 1.165) is 0 Å². The van der Waals surface area contributed by atoms with Gasteiger partial charge in [-0.15, -0.1) is 0 Å². The molecule has 0 unspecified atom stereocenters. The fourth-order valence-corrected chi connectivity index (χ4v) is 0.962. The van der Waals surface area contributed by atoms with E-state index < -0.39 is 0 Å². The molecule has 0 saturated carbocycles. The summed E-state index contributed by atoms with van der Waals surface area (Å²) in [5.74, 6) is 0.503. The van der Waals surface area contributed by atoms with Gasteiger partial charge in [-0.05, 0) is 26.7 Å². The Hall–Kier alpha value is -0.570. The average molecular weight is 214 g/mol. The summed E-state index contributed by atoms with van der Waals surface area (Å²) in [5, 5.41) is 0. The molecule has 0 saturated heterocycles. The van der Waals surface area contributed by atoms with Crippen molar-refractivity contribution < 1.29 is 4.74 Å². The number of nitrogens with zero attached hydrogens (tertiary/aromatic N) is 2. The van der Waals surface area contributed by atoms with Gasteiger partial charge in [-0.25, -0.2) is 0 Å². The van der Waals surface area contributed by atoms with Crippen molar-refractivity contribution in [2.24, 2.45) is 10.9 Å². The summed E-state index contributed by atoms with van der Waals surface area (Å²) in [6.07, 6.45) is 1.86. The van der Waals surface area contributed by atoms with Crippen LogP contribution in [0.5, 0.6) is 0 Å². The minimum atomic E-state index is -0.0826. The second kappa shape index (κ2) is 6.11. The Balaban J connectivity index is 4.18. The van der Waals surface area contributed by atoms with Crippen LogP contribution in [-0.4, -0.2) is 43.6 Å². The van der Waals surface area contributed by atoms with Crippen molar-refractivity contribution in [3.8, 4) is 0 Å². The highest BCUT2D eigenvalue weighted by atomic mass is 16.5. The fourth-order valence-electron chi connectivity index (χ4n) is 0.962. The highest BCUT2D eigenvalue weighted by Crippen LogP contribution is 2.12. The Morgan fingerprint density at radius 3 is 2.13 bits per heavy atom. The van der Waals surface area contributed by atoms with E-state index in [1.54, 1.807) is 0 Å². The quantitative estimate of drug-likeness (QED) is 0.518. The van der Waals surface area contributed by atoms with Crippen molar-refractivity contribution in [2.75, 3.05) is 20.7 Å². The Morgan fingerprint density at radius 1 is 1.27 bits per heavy atom. The molecule has 0 heterocycles. The maximum Gasteiger partial charge on any atom is 0.0849 e. The molecule has 1 atom stereocenters. The molecule has 0 radical (unpaired) electrons. The Kier molecular flexibility index (Phi) is 5.88. The van der Waals surface area contributed by atoms with Gasteiger partial charge < -0.3 is 9.64 Å². The molecule has 15 heavy (non-hydrogen) atoms. The van der Waals surface area contributed by atoms with Gasteiger partial charge in [-0.2, -0.15) is 0 Å². The van der Waals surface area contributed by atoms with Gasteiger partial charge in [0.2, 0.25) is 0 Å². The largest absolute Gasteiger partial charge is 0.374 e. The number of hydrogen-bond acceptors (Lipinski definition) is 2. The molecule has 0 aromatic heterocycles. The lowest BCUT2D eigenvalue weighted by molar-refractivity contribution is -0.0144. The van der Waals surface area contributed by atoms with Gasteiger partial charge in [0, 0.05) is 14.1 Å². The number of rotatable bonds is 5. The summed E-state index contributed by atoms with van der Waals surface area (Å²) in [6.45, 7) is 11.2. The third-order valence-corrected chi connectivity index (χ3v) is 1.95. The molecule has 0 amide bonds. The topological polar surface area (TPSA) is 24.8 Å². The van der Waals surface area contributed by atoms with Crippen LogP contribution in [0.4, 0.5) is 0 Å². The van der Waals surface area contributed by atoms with Crippen molar-refractivity contribution in [1.82, 2.24) is 4.90 Å². The Labute approximate surface area is 94.5 Å². The molecule has 0 aliphatic heterocycles. The molecule has 0 rings (SSSR count). The summed E-state index contributed by atoms with van der Waals surface area (Å²) in [7, 11) is 3.96. The van der Waals surface area contributed by atoms with Gasteiger partial charge in [0.05, 0.1) is 24.6 Å². The zero-order valence-corrected chi connectivity index (χ0v) is 11.2. The van der Waals surface area contributed by atoms with E-state index in [0.29, 0.717) is 12.5 Å². The SMILES string of the molecule is CC(C)[C@H](COC(C)(C)C)N=CN(C)C. The maximum absolute atomic E-state index is 5.75. The van der Waals surface area contributed by atoms with Crippen LogP contribution in [0, 0.1) is 5.92 Å². The third kappa shape index (κ3) is 8.43. The van der Waals surface area contributed by atoms with E-state index in [2.05, 4.69) is 39.6 Å². The van der Waals surface area contributed by atoms with Crippen LogP contribution in [0.3, 0.4) is 0 Å². The molecule has 0 aliphatic carbocycles. The second-order valence-electron chi connectivity index (χ2n) is 5.46. The van der Waals surface area contributed by atoms with Crippen molar-refractivity contribution >= 4 is 6.34 Å². The lowest BCUT2D eigenvalue weighted by Gasteiger charge is -2.24. The molecular formula is C12H26N2O. The summed E-state index contributed by atoms with van der Waals surface area (Å²) in [4.78, 5) is 6.45. The molecule has 0 N–H and O–H groups in total. The van der Waals surface area contributed by atoms with Gasteiger partial charge in [-0.3, -0.25) is 4.99 Å².